The average molecular weight is 538 g/mol. The van der Waals surface area contributed by atoms with E-state index in [0.29, 0.717) is 28.0 Å². The molecule has 9 heteroatoms. The maximum Gasteiger partial charge on any atom is 0.251 e. The number of ether oxygens (including phenoxy) is 1. The zero-order valence-corrected chi connectivity index (χ0v) is 22.1. The number of para-hydroxylation sites is 1. The molecular weight excluding hydrogens is 509 g/mol. The number of carbonyl (C=O) groups excluding carboxylic acids is 2. The van der Waals surface area contributed by atoms with Gasteiger partial charge in [0.25, 0.3) is 5.91 Å². The van der Waals surface area contributed by atoms with E-state index in [1.807, 2.05) is 55.5 Å². The molecule has 2 amide bonds. The van der Waals surface area contributed by atoms with Crippen molar-refractivity contribution < 1.29 is 18.7 Å². The molecule has 1 atom stereocenters. The van der Waals surface area contributed by atoms with Gasteiger partial charge in [0.15, 0.2) is 0 Å². The van der Waals surface area contributed by atoms with E-state index < -0.39 is 17.8 Å². The van der Waals surface area contributed by atoms with Gasteiger partial charge in [0.1, 0.15) is 29.7 Å². The van der Waals surface area contributed by atoms with Gasteiger partial charge < -0.3 is 15.0 Å². The van der Waals surface area contributed by atoms with Crippen LogP contribution in [0.15, 0.2) is 97.1 Å². The van der Waals surface area contributed by atoms with E-state index in [2.05, 4.69) is 15.6 Å². The van der Waals surface area contributed by atoms with Crippen LogP contribution in [0.5, 0.6) is 5.75 Å². The molecule has 0 aliphatic rings. The van der Waals surface area contributed by atoms with Gasteiger partial charge in [-0.3, -0.25) is 9.59 Å². The Labute approximate surface area is 231 Å². The van der Waals surface area contributed by atoms with Gasteiger partial charge in [-0.1, -0.05) is 53.7 Å². The summed E-state index contributed by atoms with van der Waals surface area (Å²) in [6, 6.07) is 26.5. The number of fused-ring (bicyclic) bond motifs is 1. The van der Waals surface area contributed by atoms with Crippen LogP contribution in [0.1, 0.15) is 22.7 Å². The highest BCUT2D eigenvalue weighted by atomic mass is 19.1. The molecule has 8 nitrogen and oxygen atoms in total. The molecule has 40 heavy (non-hydrogen) atoms. The Kier molecular flexibility index (Phi) is 7.82. The van der Waals surface area contributed by atoms with Crippen LogP contribution in [0.2, 0.25) is 0 Å². The van der Waals surface area contributed by atoms with Crippen LogP contribution >= 0.6 is 0 Å². The van der Waals surface area contributed by atoms with Crippen LogP contribution < -0.4 is 10.1 Å². The van der Waals surface area contributed by atoms with Crippen molar-refractivity contribution in [2.24, 2.45) is 0 Å². The van der Waals surface area contributed by atoms with E-state index in [9.17, 15) is 14.0 Å². The van der Waals surface area contributed by atoms with E-state index in [-0.39, 0.29) is 19.0 Å². The van der Waals surface area contributed by atoms with Gasteiger partial charge >= 0.3 is 0 Å². The first-order chi connectivity index (χ1) is 19.4. The normalized spacial score (nSPS) is 11.7. The SMILES string of the molecule is COc1ccc(NC(=O)[C@@H](c2ccc(F)cc2)N(Cc2ccccc2C)C(=O)Cn2nnc3ccccc32)cc1. The molecule has 4 aromatic carbocycles. The summed E-state index contributed by atoms with van der Waals surface area (Å²) < 4.78 is 20.7. The van der Waals surface area contributed by atoms with Crippen molar-refractivity contribution in [3.8, 4) is 5.75 Å². The second-order valence-electron chi connectivity index (χ2n) is 9.36. The highest BCUT2D eigenvalue weighted by molar-refractivity contribution is 5.98. The number of carbonyl (C=O) groups is 2. The predicted molar refractivity (Wildman–Crippen MR) is 150 cm³/mol. The molecule has 0 bridgehead atoms. The second kappa shape index (κ2) is 11.8. The third-order valence-corrected chi connectivity index (χ3v) is 6.73. The van der Waals surface area contributed by atoms with Gasteiger partial charge in [0.05, 0.1) is 12.6 Å². The minimum atomic E-state index is -1.07. The summed E-state index contributed by atoms with van der Waals surface area (Å²) in [6.07, 6.45) is 0. The van der Waals surface area contributed by atoms with Crippen molar-refractivity contribution in [3.63, 3.8) is 0 Å². The largest absolute Gasteiger partial charge is 0.497 e. The molecule has 0 saturated carbocycles. The molecule has 5 aromatic rings. The number of amides is 2. The van der Waals surface area contributed by atoms with E-state index in [1.54, 1.807) is 31.4 Å². The monoisotopic (exact) mass is 537 g/mol. The van der Waals surface area contributed by atoms with Crippen molar-refractivity contribution in [2.45, 2.75) is 26.1 Å². The Balaban J connectivity index is 1.55. The smallest absolute Gasteiger partial charge is 0.251 e. The third kappa shape index (κ3) is 5.83. The summed E-state index contributed by atoms with van der Waals surface area (Å²) in [5.74, 6) is -0.589. The average Bonchev–Trinajstić information content (AvgIpc) is 3.37. The van der Waals surface area contributed by atoms with Gasteiger partial charge in [0, 0.05) is 12.2 Å². The van der Waals surface area contributed by atoms with E-state index in [4.69, 9.17) is 4.74 Å². The summed E-state index contributed by atoms with van der Waals surface area (Å²) in [4.78, 5) is 29.5. The summed E-state index contributed by atoms with van der Waals surface area (Å²) in [6.45, 7) is 1.96. The maximum absolute atomic E-state index is 14.1. The van der Waals surface area contributed by atoms with E-state index >= 15 is 0 Å². The zero-order chi connectivity index (χ0) is 28.1. The summed E-state index contributed by atoms with van der Waals surface area (Å²) in [5, 5.41) is 11.2. The Morgan fingerprint density at radius 1 is 0.950 bits per heavy atom. The van der Waals surface area contributed by atoms with E-state index in [0.717, 1.165) is 11.1 Å². The van der Waals surface area contributed by atoms with Crippen LogP contribution in [0, 0.1) is 12.7 Å². The van der Waals surface area contributed by atoms with Crippen molar-refractivity contribution >= 4 is 28.5 Å². The zero-order valence-electron chi connectivity index (χ0n) is 22.1. The minimum Gasteiger partial charge on any atom is -0.497 e. The fraction of sp³-hybridized carbons (Fsp3) is 0.161. The van der Waals surface area contributed by atoms with Crippen molar-refractivity contribution in [3.05, 3.63) is 120 Å². The van der Waals surface area contributed by atoms with Crippen molar-refractivity contribution in [2.75, 3.05) is 12.4 Å². The van der Waals surface area contributed by atoms with Crippen LogP contribution in [0.4, 0.5) is 10.1 Å². The fourth-order valence-electron chi connectivity index (χ4n) is 4.55. The number of halogens is 1. The van der Waals surface area contributed by atoms with Gasteiger partial charge in [-0.05, 0) is 72.1 Å². The highest BCUT2D eigenvalue weighted by Gasteiger charge is 2.32. The molecule has 0 saturated heterocycles. The molecular formula is C31H28FN5O3. The van der Waals surface area contributed by atoms with Gasteiger partial charge in [-0.25, -0.2) is 9.07 Å². The van der Waals surface area contributed by atoms with E-state index in [1.165, 1.54) is 33.8 Å². The number of aryl methyl sites for hydroxylation is 1. The summed E-state index contributed by atoms with van der Waals surface area (Å²) in [7, 11) is 1.56. The van der Waals surface area contributed by atoms with Gasteiger partial charge in [-0.2, -0.15) is 0 Å². The lowest BCUT2D eigenvalue weighted by Gasteiger charge is -2.32. The molecule has 5 rings (SSSR count). The lowest BCUT2D eigenvalue weighted by molar-refractivity contribution is -0.140. The van der Waals surface area contributed by atoms with Crippen molar-refractivity contribution in [1.82, 2.24) is 19.9 Å². The number of hydrogen-bond donors (Lipinski definition) is 1. The summed E-state index contributed by atoms with van der Waals surface area (Å²) in [5.41, 5.74) is 4.21. The van der Waals surface area contributed by atoms with Crippen LogP contribution in [0.25, 0.3) is 11.0 Å². The minimum absolute atomic E-state index is 0.139. The van der Waals surface area contributed by atoms with Crippen LogP contribution in [-0.4, -0.2) is 38.8 Å². The molecule has 202 valence electrons. The molecule has 0 radical (unpaired) electrons. The number of nitrogens with one attached hydrogen (secondary N) is 1. The van der Waals surface area contributed by atoms with Crippen molar-refractivity contribution in [1.29, 1.82) is 0 Å². The highest BCUT2D eigenvalue weighted by Crippen LogP contribution is 2.28. The Morgan fingerprint density at radius 3 is 2.38 bits per heavy atom. The predicted octanol–water partition coefficient (Wildman–Crippen LogP) is 5.30. The first kappa shape index (κ1) is 26.6. The standard InChI is InChI=1S/C31H28FN5O3/c1-21-7-3-4-8-23(21)19-36(29(38)20-37-28-10-6-5-9-27(28)34-35-37)30(22-11-13-24(32)14-12-22)31(39)33-25-15-17-26(40-2)18-16-25/h3-18,30H,19-20H2,1-2H3,(H,33,39)/t30-/m1/s1. The molecule has 1 N–H and O–H groups in total. The first-order valence-corrected chi connectivity index (χ1v) is 12.8. The lowest BCUT2D eigenvalue weighted by atomic mass is 10.0. The van der Waals surface area contributed by atoms with Crippen LogP contribution in [-0.2, 0) is 22.7 Å². The number of anilines is 1. The third-order valence-electron chi connectivity index (χ3n) is 6.73. The summed E-state index contributed by atoms with van der Waals surface area (Å²) >= 11 is 0. The number of rotatable bonds is 9. The topological polar surface area (TPSA) is 89.4 Å². The lowest BCUT2D eigenvalue weighted by Crippen LogP contribution is -2.42. The molecule has 0 unspecified atom stereocenters. The number of hydrogen-bond acceptors (Lipinski definition) is 5. The van der Waals surface area contributed by atoms with Crippen LogP contribution in [0.3, 0.4) is 0 Å². The number of nitrogens with zero attached hydrogens (tertiary/aromatic N) is 4. The second-order valence-corrected chi connectivity index (χ2v) is 9.36. The molecule has 1 heterocycles. The maximum atomic E-state index is 14.1. The molecule has 0 spiro atoms. The molecule has 0 aliphatic carbocycles. The Bertz CT molecular complexity index is 1630. The molecule has 1 aromatic heterocycles. The van der Waals surface area contributed by atoms with Gasteiger partial charge in [0.2, 0.25) is 5.91 Å². The first-order valence-electron chi connectivity index (χ1n) is 12.8. The number of benzene rings is 4. The molecule has 0 aliphatic heterocycles. The quantitative estimate of drug-likeness (QED) is 0.276. The molecule has 0 fully saturated rings. The Morgan fingerprint density at radius 2 is 1.65 bits per heavy atom. The fourth-order valence-corrected chi connectivity index (χ4v) is 4.55. The number of aromatic nitrogens is 3. The Hall–Kier alpha value is -5.05. The number of methoxy groups -OCH3 is 1. The van der Waals surface area contributed by atoms with Gasteiger partial charge in [-0.15, -0.1) is 5.10 Å².